The van der Waals surface area contributed by atoms with Gasteiger partial charge in [-0.3, -0.25) is 9.47 Å². The Morgan fingerprint density at radius 3 is 2.58 bits per heavy atom. The number of halogens is 1. The maximum Gasteiger partial charge on any atom is 0.411 e. The van der Waals surface area contributed by atoms with Gasteiger partial charge in [0.25, 0.3) is 0 Å². The summed E-state index contributed by atoms with van der Waals surface area (Å²) in [6, 6.07) is 5.81. The van der Waals surface area contributed by atoms with E-state index in [9.17, 15) is 4.79 Å². The average Bonchev–Trinajstić information content (AvgIpc) is 3.08. The van der Waals surface area contributed by atoms with Crippen LogP contribution in [0.2, 0.25) is 5.02 Å². The maximum atomic E-state index is 12.9. The molecule has 33 heavy (non-hydrogen) atoms. The van der Waals surface area contributed by atoms with Gasteiger partial charge >= 0.3 is 6.09 Å². The number of fused-ring (bicyclic) bond motifs is 3. The molecule has 180 valence electrons. The Labute approximate surface area is 201 Å². The molecule has 8 heteroatoms. The van der Waals surface area contributed by atoms with Crippen molar-refractivity contribution in [2.75, 3.05) is 0 Å². The first-order valence-electron chi connectivity index (χ1n) is 12.0. The zero-order valence-electron chi connectivity index (χ0n) is 20.3. The van der Waals surface area contributed by atoms with Crippen LogP contribution in [0.5, 0.6) is 0 Å². The van der Waals surface area contributed by atoms with Crippen molar-refractivity contribution < 1.29 is 14.3 Å². The second-order valence-electron chi connectivity index (χ2n) is 10.2. The van der Waals surface area contributed by atoms with Crippen molar-refractivity contribution >= 4 is 17.7 Å². The predicted molar refractivity (Wildman–Crippen MR) is 128 cm³/mol. The molecule has 0 saturated heterocycles. The molecule has 1 saturated carbocycles. The van der Waals surface area contributed by atoms with Crippen LogP contribution in [0.25, 0.3) is 5.69 Å². The summed E-state index contributed by atoms with van der Waals surface area (Å²) < 4.78 is 14.0. The van der Waals surface area contributed by atoms with Crippen molar-refractivity contribution in [3.8, 4) is 5.69 Å². The summed E-state index contributed by atoms with van der Waals surface area (Å²) in [6.07, 6.45) is 5.35. The standard InChI is InChI=1S/C25H35ClN4O3/c1-6-16(2)32-20-10-7-17(8-11-20)23-28-27-22-15-29(24(31)33-25(3,4)5)14-18-13-19(26)9-12-21(18)30(22)23/h9,12-13,16-17,20H,6-8,10-11,14-15H2,1-5H3. The highest BCUT2D eigenvalue weighted by atomic mass is 35.5. The fourth-order valence-electron chi connectivity index (χ4n) is 4.63. The molecule has 0 N–H and O–H groups in total. The minimum absolute atomic E-state index is 0.298. The number of amides is 1. The van der Waals surface area contributed by atoms with E-state index < -0.39 is 5.60 Å². The largest absolute Gasteiger partial charge is 0.444 e. The molecule has 1 aromatic heterocycles. The molecular formula is C25H35ClN4O3. The Bertz CT molecular complexity index is 992. The molecule has 2 aromatic rings. The third-order valence-electron chi connectivity index (χ3n) is 6.42. The monoisotopic (exact) mass is 474 g/mol. The van der Waals surface area contributed by atoms with Crippen molar-refractivity contribution in [1.29, 1.82) is 0 Å². The first kappa shape index (κ1) is 24.0. The van der Waals surface area contributed by atoms with Crippen molar-refractivity contribution in [1.82, 2.24) is 19.7 Å². The van der Waals surface area contributed by atoms with Crippen LogP contribution in [0.1, 0.15) is 89.9 Å². The second-order valence-corrected chi connectivity index (χ2v) is 10.7. The Morgan fingerprint density at radius 2 is 1.91 bits per heavy atom. The molecule has 0 spiro atoms. The van der Waals surface area contributed by atoms with E-state index in [-0.39, 0.29) is 6.09 Å². The normalized spacial score (nSPS) is 21.7. The number of aromatic nitrogens is 3. The number of ether oxygens (including phenoxy) is 2. The molecule has 4 rings (SSSR count). The van der Waals surface area contributed by atoms with Gasteiger partial charge in [-0.25, -0.2) is 4.79 Å². The molecule has 1 aliphatic carbocycles. The van der Waals surface area contributed by atoms with Gasteiger partial charge in [0.05, 0.1) is 31.0 Å². The van der Waals surface area contributed by atoms with Crippen molar-refractivity contribution in [2.45, 2.75) is 104 Å². The summed E-state index contributed by atoms with van der Waals surface area (Å²) in [7, 11) is 0. The zero-order valence-corrected chi connectivity index (χ0v) is 21.1. The molecule has 2 heterocycles. The van der Waals surface area contributed by atoms with E-state index in [0.717, 1.165) is 55.0 Å². The highest BCUT2D eigenvalue weighted by Gasteiger charge is 2.33. The molecule has 1 aromatic carbocycles. The summed E-state index contributed by atoms with van der Waals surface area (Å²) in [6.45, 7) is 10.7. The quantitative estimate of drug-likeness (QED) is 0.542. The Kier molecular flexibility index (Phi) is 7.01. The maximum absolute atomic E-state index is 12.9. The first-order chi connectivity index (χ1) is 15.6. The van der Waals surface area contributed by atoms with Crippen LogP contribution in [0.15, 0.2) is 18.2 Å². The molecule has 7 nitrogen and oxygen atoms in total. The van der Waals surface area contributed by atoms with E-state index in [1.165, 1.54) is 0 Å². The summed E-state index contributed by atoms with van der Waals surface area (Å²) in [4.78, 5) is 14.6. The van der Waals surface area contributed by atoms with E-state index in [1.54, 1.807) is 4.90 Å². The number of rotatable bonds is 4. The summed E-state index contributed by atoms with van der Waals surface area (Å²) in [5.41, 5.74) is 1.37. The van der Waals surface area contributed by atoms with Crippen LogP contribution < -0.4 is 0 Å². The Hall–Kier alpha value is -2.12. The lowest BCUT2D eigenvalue weighted by atomic mass is 9.86. The van der Waals surface area contributed by atoms with E-state index in [1.807, 2.05) is 39.0 Å². The molecule has 0 radical (unpaired) electrons. The molecule has 1 fully saturated rings. The van der Waals surface area contributed by atoms with Gasteiger partial charge in [0.2, 0.25) is 0 Å². The molecule has 1 aliphatic heterocycles. The SMILES string of the molecule is CCC(C)OC1CCC(c2nnc3n2-c2ccc(Cl)cc2CN(C(=O)OC(C)(C)C)C3)CC1. The van der Waals surface area contributed by atoms with E-state index >= 15 is 0 Å². The molecule has 0 bridgehead atoms. The van der Waals surface area contributed by atoms with Gasteiger partial charge in [-0.15, -0.1) is 10.2 Å². The number of carbonyl (C=O) groups excluding carboxylic acids is 1. The molecule has 1 atom stereocenters. The van der Waals surface area contributed by atoms with Gasteiger partial charge in [0.15, 0.2) is 5.82 Å². The number of hydrogen-bond acceptors (Lipinski definition) is 5. The number of benzene rings is 1. The van der Waals surface area contributed by atoms with Crippen molar-refractivity contribution in [3.05, 3.63) is 40.4 Å². The third kappa shape index (κ3) is 5.52. The molecule has 1 amide bonds. The summed E-state index contributed by atoms with van der Waals surface area (Å²) >= 11 is 6.33. The van der Waals surface area contributed by atoms with Crippen LogP contribution >= 0.6 is 11.6 Å². The molecule has 1 unspecified atom stereocenters. The summed E-state index contributed by atoms with van der Waals surface area (Å²) in [5, 5.41) is 9.78. The lowest BCUT2D eigenvalue weighted by molar-refractivity contribution is -0.0251. The van der Waals surface area contributed by atoms with Crippen molar-refractivity contribution in [2.24, 2.45) is 0 Å². The molecular weight excluding hydrogens is 440 g/mol. The fraction of sp³-hybridized carbons (Fsp3) is 0.640. The van der Waals surface area contributed by atoms with Gasteiger partial charge in [-0.1, -0.05) is 18.5 Å². The second kappa shape index (κ2) is 9.63. The number of carbonyl (C=O) groups is 1. The highest BCUT2D eigenvalue weighted by molar-refractivity contribution is 6.30. The topological polar surface area (TPSA) is 69.5 Å². The van der Waals surface area contributed by atoms with E-state index in [4.69, 9.17) is 21.1 Å². The Morgan fingerprint density at radius 1 is 1.18 bits per heavy atom. The lowest BCUT2D eigenvalue weighted by Crippen LogP contribution is -2.35. The fourth-order valence-corrected chi connectivity index (χ4v) is 4.82. The van der Waals surface area contributed by atoms with E-state index in [0.29, 0.717) is 36.2 Å². The van der Waals surface area contributed by atoms with Crippen molar-refractivity contribution in [3.63, 3.8) is 0 Å². The highest BCUT2D eigenvalue weighted by Crippen LogP contribution is 2.37. The van der Waals surface area contributed by atoms with E-state index in [2.05, 4.69) is 28.6 Å². The molecule has 2 aliphatic rings. The summed E-state index contributed by atoms with van der Waals surface area (Å²) in [5.74, 6) is 2.01. The van der Waals surface area contributed by atoms with Crippen LogP contribution in [0.3, 0.4) is 0 Å². The average molecular weight is 475 g/mol. The lowest BCUT2D eigenvalue weighted by Gasteiger charge is -2.30. The minimum atomic E-state index is -0.574. The predicted octanol–water partition coefficient (Wildman–Crippen LogP) is 6.01. The van der Waals surface area contributed by atoms with Crippen LogP contribution in [-0.2, 0) is 22.6 Å². The minimum Gasteiger partial charge on any atom is -0.444 e. The first-order valence-corrected chi connectivity index (χ1v) is 12.4. The third-order valence-corrected chi connectivity index (χ3v) is 6.66. The van der Waals surface area contributed by atoms with Gasteiger partial charge in [-0.05, 0) is 83.6 Å². The van der Waals surface area contributed by atoms with Gasteiger partial charge in [0.1, 0.15) is 11.4 Å². The Balaban J connectivity index is 1.62. The van der Waals surface area contributed by atoms with Crippen LogP contribution in [0.4, 0.5) is 4.79 Å². The van der Waals surface area contributed by atoms with Gasteiger partial charge in [-0.2, -0.15) is 0 Å². The smallest absolute Gasteiger partial charge is 0.411 e. The van der Waals surface area contributed by atoms with Gasteiger partial charge < -0.3 is 9.47 Å². The number of hydrogen-bond donors (Lipinski definition) is 0. The van der Waals surface area contributed by atoms with Gasteiger partial charge in [0, 0.05) is 10.9 Å². The number of nitrogens with zero attached hydrogens (tertiary/aromatic N) is 4. The van der Waals surface area contributed by atoms with Crippen LogP contribution in [-0.4, -0.2) is 43.6 Å². The van der Waals surface area contributed by atoms with Crippen LogP contribution in [0, 0.1) is 0 Å². The zero-order chi connectivity index (χ0) is 23.8.